The highest BCUT2D eigenvalue weighted by Crippen LogP contribution is 2.30. The van der Waals surface area contributed by atoms with Gasteiger partial charge in [-0.15, -0.1) is 0 Å². The summed E-state index contributed by atoms with van der Waals surface area (Å²) in [6.45, 7) is 6.09. The van der Waals surface area contributed by atoms with E-state index < -0.39 is 0 Å². The molecule has 0 aromatic carbocycles. The van der Waals surface area contributed by atoms with E-state index in [-0.39, 0.29) is 5.41 Å². The Balaban J connectivity index is 4.04. The maximum atomic E-state index is 5.97. The number of methoxy groups -OCH3 is 1. The molecule has 0 bridgehead atoms. The van der Waals surface area contributed by atoms with Crippen LogP contribution in [0.15, 0.2) is 0 Å². The summed E-state index contributed by atoms with van der Waals surface area (Å²) in [5.74, 6) is 0. The van der Waals surface area contributed by atoms with E-state index >= 15 is 0 Å². The number of unbranched alkanes of at least 4 members (excludes halogenated alkanes) is 4. The minimum Gasteiger partial charge on any atom is -0.384 e. The highest BCUT2D eigenvalue weighted by atomic mass is 16.5. The molecule has 0 saturated heterocycles. The lowest BCUT2D eigenvalue weighted by Gasteiger charge is -2.32. The summed E-state index contributed by atoms with van der Waals surface area (Å²) in [5.41, 5.74) is 6.22. The smallest absolute Gasteiger partial charge is 0.0530 e. The van der Waals surface area contributed by atoms with Crippen molar-refractivity contribution in [2.45, 2.75) is 65.2 Å². The zero-order valence-electron chi connectivity index (χ0n) is 11.6. The molecule has 98 valence electrons. The Morgan fingerprint density at radius 1 is 0.938 bits per heavy atom. The molecule has 0 spiro atoms. The van der Waals surface area contributed by atoms with Crippen molar-refractivity contribution >= 4 is 0 Å². The lowest BCUT2D eigenvalue weighted by atomic mass is 9.79. The van der Waals surface area contributed by atoms with Crippen LogP contribution in [0.1, 0.15) is 65.2 Å². The average molecular weight is 229 g/mol. The van der Waals surface area contributed by atoms with Crippen molar-refractivity contribution in [1.29, 1.82) is 0 Å². The van der Waals surface area contributed by atoms with E-state index in [9.17, 15) is 0 Å². The predicted octanol–water partition coefficient (Wildman–Crippen LogP) is 3.74. The zero-order valence-corrected chi connectivity index (χ0v) is 11.6. The van der Waals surface area contributed by atoms with E-state index in [4.69, 9.17) is 10.5 Å². The number of rotatable bonds is 11. The highest BCUT2D eigenvalue weighted by Gasteiger charge is 2.27. The number of hydrogen-bond acceptors (Lipinski definition) is 2. The van der Waals surface area contributed by atoms with Crippen molar-refractivity contribution in [3.8, 4) is 0 Å². The third-order valence-corrected chi connectivity index (χ3v) is 3.50. The van der Waals surface area contributed by atoms with Crippen LogP contribution in [0.4, 0.5) is 0 Å². The van der Waals surface area contributed by atoms with E-state index in [0.717, 1.165) is 13.2 Å². The first-order chi connectivity index (χ1) is 7.74. The van der Waals surface area contributed by atoms with Gasteiger partial charge in [0.2, 0.25) is 0 Å². The molecule has 0 aromatic heterocycles. The third-order valence-electron chi connectivity index (χ3n) is 3.50. The molecule has 0 aliphatic rings. The molecule has 0 fully saturated rings. The molecule has 1 atom stereocenters. The van der Waals surface area contributed by atoms with Gasteiger partial charge in [0.1, 0.15) is 0 Å². The van der Waals surface area contributed by atoms with Crippen LogP contribution in [0.3, 0.4) is 0 Å². The number of hydrogen-bond donors (Lipinski definition) is 1. The summed E-state index contributed by atoms with van der Waals surface area (Å²) in [6, 6.07) is 0. The summed E-state index contributed by atoms with van der Waals surface area (Å²) in [7, 11) is 1.79. The van der Waals surface area contributed by atoms with Gasteiger partial charge in [-0.2, -0.15) is 0 Å². The van der Waals surface area contributed by atoms with Crippen LogP contribution in [0, 0.1) is 5.41 Å². The van der Waals surface area contributed by atoms with E-state index in [1.165, 1.54) is 51.4 Å². The molecule has 0 rings (SSSR count). The summed E-state index contributed by atoms with van der Waals surface area (Å²) < 4.78 is 5.37. The highest BCUT2D eigenvalue weighted by molar-refractivity contribution is 4.80. The van der Waals surface area contributed by atoms with E-state index in [1.54, 1.807) is 7.11 Å². The topological polar surface area (TPSA) is 35.2 Å². The summed E-state index contributed by atoms with van der Waals surface area (Å²) >= 11 is 0. The normalized spacial score (nSPS) is 15.0. The molecule has 0 aliphatic carbocycles. The maximum absolute atomic E-state index is 5.97. The van der Waals surface area contributed by atoms with Crippen molar-refractivity contribution in [2.75, 3.05) is 20.3 Å². The fourth-order valence-corrected chi connectivity index (χ4v) is 2.32. The van der Waals surface area contributed by atoms with Gasteiger partial charge in [-0.1, -0.05) is 52.4 Å². The van der Waals surface area contributed by atoms with Crippen LogP contribution in [-0.4, -0.2) is 20.3 Å². The molecule has 0 heterocycles. The van der Waals surface area contributed by atoms with Crippen LogP contribution in [-0.2, 0) is 4.74 Å². The molecule has 1 unspecified atom stereocenters. The van der Waals surface area contributed by atoms with Gasteiger partial charge in [0.15, 0.2) is 0 Å². The molecule has 0 amide bonds. The Morgan fingerprint density at radius 2 is 1.56 bits per heavy atom. The Kier molecular flexibility index (Phi) is 10.0. The first-order valence-corrected chi connectivity index (χ1v) is 6.93. The standard InChI is InChI=1S/C14H31NO/c1-4-6-8-9-11-14(12-15,13-16-3)10-7-5-2/h4-13,15H2,1-3H3. The molecule has 0 aromatic rings. The molecule has 0 aliphatic heterocycles. The van der Waals surface area contributed by atoms with Crippen molar-refractivity contribution < 1.29 is 4.74 Å². The van der Waals surface area contributed by atoms with E-state index in [1.807, 2.05) is 0 Å². The SMILES string of the molecule is CCCCCCC(CN)(CCCC)COC. The van der Waals surface area contributed by atoms with Crippen molar-refractivity contribution in [3.05, 3.63) is 0 Å². The second-order valence-corrected chi connectivity index (χ2v) is 5.05. The van der Waals surface area contributed by atoms with Gasteiger partial charge in [0.25, 0.3) is 0 Å². The second-order valence-electron chi connectivity index (χ2n) is 5.05. The van der Waals surface area contributed by atoms with Crippen LogP contribution >= 0.6 is 0 Å². The molecular formula is C14H31NO. The van der Waals surface area contributed by atoms with Crippen LogP contribution in [0.2, 0.25) is 0 Å². The molecule has 2 nitrogen and oxygen atoms in total. The zero-order chi connectivity index (χ0) is 12.3. The van der Waals surface area contributed by atoms with Gasteiger partial charge in [0.05, 0.1) is 6.61 Å². The molecule has 2 heteroatoms. The summed E-state index contributed by atoms with van der Waals surface area (Å²) in [5, 5.41) is 0. The first kappa shape index (κ1) is 15.9. The number of nitrogens with two attached hydrogens (primary N) is 1. The van der Waals surface area contributed by atoms with Crippen LogP contribution in [0.5, 0.6) is 0 Å². The van der Waals surface area contributed by atoms with Gasteiger partial charge >= 0.3 is 0 Å². The number of ether oxygens (including phenoxy) is 1. The maximum Gasteiger partial charge on any atom is 0.0530 e. The molecule has 0 radical (unpaired) electrons. The Hall–Kier alpha value is -0.0800. The van der Waals surface area contributed by atoms with Gasteiger partial charge < -0.3 is 10.5 Å². The quantitative estimate of drug-likeness (QED) is 0.548. The van der Waals surface area contributed by atoms with Gasteiger partial charge in [-0.3, -0.25) is 0 Å². The van der Waals surface area contributed by atoms with Gasteiger partial charge in [-0.25, -0.2) is 0 Å². The lowest BCUT2D eigenvalue weighted by Crippen LogP contribution is -2.35. The van der Waals surface area contributed by atoms with Crippen LogP contribution < -0.4 is 5.73 Å². The molecule has 16 heavy (non-hydrogen) atoms. The Labute approximate surface area is 102 Å². The Morgan fingerprint density at radius 3 is 2.06 bits per heavy atom. The molecule has 0 saturated carbocycles. The van der Waals surface area contributed by atoms with Crippen molar-refractivity contribution in [2.24, 2.45) is 11.1 Å². The summed E-state index contributed by atoms with van der Waals surface area (Å²) in [4.78, 5) is 0. The fraction of sp³-hybridized carbons (Fsp3) is 1.00. The Bertz CT molecular complexity index is 150. The van der Waals surface area contributed by atoms with Gasteiger partial charge in [0, 0.05) is 19.1 Å². The second kappa shape index (κ2) is 10.1. The largest absolute Gasteiger partial charge is 0.384 e. The first-order valence-electron chi connectivity index (χ1n) is 6.93. The van der Waals surface area contributed by atoms with E-state index in [2.05, 4.69) is 13.8 Å². The molecular weight excluding hydrogens is 198 g/mol. The summed E-state index contributed by atoms with van der Waals surface area (Å²) in [6.07, 6.45) is 10.3. The predicted molar refractivity (Wildman–Crippen MR) is 71.6 cm³/mol. The molecule has 2 N–H and O–H groups in total. The van der Waals surface area contributed by atoms with Crippen molar-refractivity contribution in [3.63, 3.8) is 0 Å². The van der Waals surface area contributed by atoms with Gasteiger partial charge in [-0.05, 0) is 12.8 Å². The minimum atomic E-state index is 0.249. The third kappa shape index (κ3) is 6.49. The van der Waals surface area contributed by atoms with Crippen LogP contribution in [0.25, 0.3) is 0 Å². The lowest BCUT2D eigenvalue weighted by molar-refractivity contribution is 0.0670. The fourth-order valence-electron chi connectivity index (χ4n) is 2.32. The minimum absolute atomic E-state index is 0.249. The average Bonchev–Trinajstić information content (AvgIpc) is 2.31. The monoisotopic (exact) mass is 229 g/mol. The van der Waals surface area contributed by atoms with E-state index in [0.29, 0.717) is 0 Å². The van der Waals surface area contributed by atoms with Crippen molar-refractivity contribution in [1.82, 2.24) is 0 Å².